The topological polar surface area (TPSA) is 55.6 Å². The molecule has 0 aromatic heterocycles. The zero-order valence-electron chi connectivity index (χ0n) is 11.6. The van der Waals surface area contributed by atoms with Gasteiger partial charge in [0.2, 0.25) is 5.91 Å². The molecule has 0 radical (unpaired) electrons. The van der Waals surface area contributed by atoms with Gasteiger partial charge in [0.15, 0.2) is 0 Å². The minimum absolute atomic E-state index is 0.0101. The predicted octanol–water partition coefficient (Wildman–Crippen LogP) is 1.92. The molecule has 0 bridgehead atoms. The van der Waals surface area contributed by atoms with Gasteiger partial charge in [0.05, 0.1) is 18.6 Å². The van der Waals surface area contributed by atoms with Gasteiger partial charge in [-0.2, -0.15) is 0 Å². The lowest BCUT2D eigenvalue weighted by Crippen LogP contribution is -2.36. The SMILES string of the molecule is CCN(C(=O)C1COC(C)C1)c1ccc(CN)cc1. The second-order valence-electron chi connectivity index (χ2n) is 5.03. The highest BCUT2D eigenvalue weighted by Crippen LogP contribution is 2.24. The number of carbonyl (C=O) groups is 1. The minimum Gasteiger partial charge on any atom is -0.378 e. The normalized spacial score (nSPS) is 22.5. The standard InChI is InChI=1S/C15H22N2O2/c1-3-17(14-6-4-12(9-16)5-7-14)15(18)13-8-11(2)19-10-13/h4-7,11,13H,3,8-10,16H2,1-2H3. The Morgan fingerprint density at radius 3 is 2.58 bits per heavy atom. The number of hydrogen-bond acceptors (Lipinski definition) is 3. The number of carbonyl (C=O) groups excluding carboxylic acids is 1. The van der Waals surface area contributed by atoms with E-state index in [0.717, 1.165) is 17.7 Å². The Bertz CT molecular complexity index is 430. The first-order valence-electron chi connectivity index (χ1n) is 6.87. The monoisotopic (exact) mass is 262 g/mol. The van der Waals surface area contributed by atoms with Crippen molar-refractivity contribution >= 4 is 11.6 Å². The van der Waals surface area contributed by atoms with E-state index in [-0.39, 0.29) is 17.9 Å². The molecule has 0 spiro atoms. The Balaban J connectivity index is 2.12. The third kappa shape index (κ3) is 3.14. The lowest BCUT2D eigenvalue weighted by Gasteiger charge is -2.24. The summed E-state index contributed by atoms with van der Waals surface area (Å²) in [5.74, 6) is 0.150. The highest BCUT2D eigenvalue weighted by atomic mass is 16.5. The zero-order chi connectivity index (χ0) is 13.8. The molecule has 1 aliphatic heterocycles. The van der Waals surface area contributed by atoms with E-state index in [9.17, 15) is 4.79 Å². The fraction of sp³-hybridized carbons (Fsp3) is 0.533. The smallest absolute Gasteiger partial charge is 0.232 e. The molecule has 1 aromatic carbocycles. The van der Waals surface area contributed by atoms with Crippen LogP contribution in [0.2, 0.25) is 0 Å². The summed E-state index contributed by atoms with van der Waals surface area (Å²) in [6.45, 7) is 5.74. The first-order valence-corrected chi connectivity index (χ1v) is 6.87. The van der Waals surface area contributed by atoms with Crippen molar-refractivity contribution in [3.8, 4) is 0 Å². The van der Waals surface area contributed by atoms with Gasteiger partial charge in [-0.3, -0.25) is 4.79 Å². The molecule has 1 aromatic rings. The number of benzene rings is 1. The molecule has 1 amide bonds. The van der Waals surface area contributed by atoms with Gasteiger partial charge in [0.1, 0.15) is 0 Å². The van der Waals surface area contributed by atoms with Crippen molar-refractivity contribution in [3.05, 3.63) is 29.8 Å². The molecule has 1 saturated heterocycles. The van der Waals surface area contributed by atoms with Crippen molar-refractivity contribution in [1.82, 2.24) is 0 Å². The number of nitrogens with zero attached hydrogens (tertiary/aromatic N) is 1. The van der Waals surface area contributed by atoms with Crippen LogP contribution in [0.3, 0.4) is 0 Å². The van der Waals surface area contributed by atoms with Crippen LogP contribution in [0.25, 0.3) is 0 Å². The molecule has 4 heteroatoms. The van der Waals surface area contributed by atoms with Crippen LogP contribution in [0, 0.1) is 5.92 Å². The maximum atomic E-state index is 12.5. The highest BCUT2D eigenvalue weighted by molar-refractivity contribution is 5.95. The quantitative estimate of drug-likeness (QED) is 0.902. The summed E-state index contributed by atoms with van der Waals surface area (Å²) in [4.78, 5) is 14.3. The second-order valence-corrected chi connectivity index (χ2v) is 5.03. The lowest BCUT2D eigenvalue weighted by atomic mass is 10.0. The molecular weight excluding hydrogens is 240 g/mol. The second kappa shape index (κ2) is 6.17. The van der Waals surface area contributed by atoms with E-state index in [0.29, 0.717) is 19.7 Å². The van der Waals surface area contributed by atoms with Gasteiger partial charge < -0.3 is 15.4 Å². The van der Waals surface area contributed by atoms with Crippen LogP contribution in [-0.4, -0.2) is 25.2 Å². The van der Waals surface area contributed by atoms with Gasteiger partial charge in [-0.05, 0) is 38.0 Å². The first-order chi connectivity index (χ1) is 9.15. The molecule has 19 heavy (non-hydrogen) atoms. The summed E-state index contributed by atoms with van der Waals surface area (Å²) >= 11 is 0. The molecule has 1 fully saturated rings. The largest absolute Gasteiger partial charge is 0.378 e. The van der Waals surface area contributed by atoms with Crippen LogP contribution in [0.1, 0.15) is 25.8 Å². The average molecular weight is 262 g/mol. The van der Waals surface area contributed by atoms with Gasteiger partial charge in [0, 0.05) is 18.8 Å². The van der Waals surface area contributed by atoms with E-state index in [1.54, 1.807) is 0 Å². The summed E-state index contributed by atoms with van der Waals surface area (Å²) in [5, 5.41) is 0. The van der Waals surface area contributed by atoms with E-state index in [4.69, 9.17) is 10.5 Å². The molecule has 2 unspecified atom stereocenters. The minimum atomic E-state index is -0.0101. The van der Waals surface area contributed by atoms with E-state index in [1.807, 2.05) is 43.0 Å². The maximum Gasteiger partial charge on any atom is 0.232 e. The van der Waals surface area contributed by atoms with Gasteiger partial charge >= 0.3 is 0 Å². The van der Waals surface area contributed by atoms with Crippen molar-refractivity contribution < 1.29 is 9.53 Å². The van der Waals surface area contributed by atoms with Crippen LogP contribution in [0.5, 0.6) is 0 Å². The number of ether oxygens (including phenoxy) is 1. The molecule has 1 aliphatic rings. The number of hydrogen-bond donors (Lipinski definition) is 1. The van der Waals surface area contributed by atoms with Crippen molar-refractivity contribution in [1.29, 1.82) is 0 Å². The number of rotatable bonds is 4. The molecule has 1 heterocycles. The van der Waals surface area contributed by atoms with E-state index < -0.39 is 0 Å². The Morgan fingerprint density at radius 1 is 1.42 bits per heavy atom. The number of amides is 1. The Labute approximate surface area is 114 Å². The van der Waals surface area contributed by atoms with Crippen molar-refractivity contribution in [2.24, 2.45) is 11.7 Å². The molecule has 4 nitrogen and oxygen atoms in total. The van der Waals surface area contributed by atoms with Crippen LogP contribution in [0.15, 0.2) is 24.3 Å². The molecule has 104 valence electrons. The lowest BCUT2D eigenvalue weighted by molar-refractivity contribution is -0.122. The predicted molar refractivity (Wildman–Crippen MR) is 75.9 cm³/mol. The first kappa shape index (κ1) is 14.0. The summed E-state index contributed by atoms with van der Waals surface area (Å²) in [6, 6.07) is 7.86. The molecular formula is C15H22N2O2. The average Bonchev–Trinajstić information content (AvgIpc) is 2.87. The van der Waals surface area contributed by atoms with E-state index >= 15 is 0 Å². The van der Waals surface area contributed by atoms with Crippen molar-refractivity contribution in [2.45, 2.75) is 32.9 Å². The Hall–Kier alpha value is -1.39. The Kier molecular flexibility index (Phi) is 4.56. The molecule has 0 saturated carbocycles. The van der Waals surface area contributed by atoms with Gasteiger partial charge in [-0.15, -0.1) is 0 Å². The van der Waals surface area contributed by atoms with Crippen molar-refractivity contribution in [2.75, 3.05) is 18.1 Å². The third-order valence-corrected chi connectivity index (χ3v) is 3.61. The van der Waals surface area contributed by atoms with Gasteiger partial charge in [-0.1, -0.05) is 12.1 Å². The summed E-state index contributed by atoms with van der Waals surface area (Å²) in [7, 11) is 0. The summed E-state index contributed by atoms with van der Waals surface area (Å²) < 4.78 is 5.49. The van der Waals surface area contributed by atoms with Crippen LogP contribution in [0.4, 0.5) is 5.69 Å². The highest BCUT2D eigenvalue weighted by Gasteiger charge is 2.31. The van der Waals surface area contributed by atoms with Gasteiger partial charge in [0.25, 0.3) is 0 Å². The summed E-state index contributed by atoms with van der Waals surface area (Å²) in [6.07, 6.45) is 1.00. The number of nitrogens with two attached hydrogens (primary N) is 1. The zero-order valence-corrected chi connectivity index (χ0v) is 11.6. The fourth-order valence-electron chi connectivity index (χ4n) is 2.49. The van der Waals surface area contributed by atoms with Gasteiger partial charge in [-0.25, -0.2) is 0 Å². The third-order valence-electron chi connectivity index (χ3n) is 3.61. The number of anilines is 1. The van der Waals surface area contributed by atoms with Crippen LogP contribution >= 0.6 is 0 Å². The molecule has 2 atom stereocenters. The molecule has 0 aliphatic carbocycles. The van der Waals surface area contributed by atoms with Crippen LogP contribution < -0.4 is 10.6 Å². The van der Waals surface area contributed by atoms with E-state index in [2.05, 4.69) is 0 Å². The molecule has 2 rings (SSSR count). The van der Waals surface area contributed by atoms with Crippen LogP contribution in [-0.2, 0) is 16.1 Å². The fourth-order valence-corrected chi connectivity index (χ4v) is 2.49. The summed E-state index contributed by atoms with van der Waals surface area (Å²) in [5.41, 5.74) is 7.59. The Morgan fingerprint density at radius 2 is 2.11 bits per heavy atom. The molecule has 2 N–H and O–H groups in total. The van der Waals surface area contributed by atoms with E-state index in [1.165, 1.54) is 0 Å². The maximum absolute atomic E-state index is 12.5. The van der Waals surface area contributed by atoms with Crippen molar-refractivity contribution in [3.63, 3.8) is 0 Å².